The summed E-state index contributed by atoms with van der Waals surface area (Å²) in [4.78, 5) is 21.5. The topological polar surface area (TPSA) is 66.4 Å². The van der Waals surface area contributed by atoms with Gasteiger partial charge in [0.2, 0.25) is 5.91 Å². The lowest BCUT2D eigenvalue weighted by Crippen LogP contribution is -2.24. The van der Waals surface area contributed by atoms with E-state index < -0.39 is 11.9 Å². The minimum Gasteiger partial charge on any atom is -0.478 e. The maximum atomic E-state index is 12.7. The van der Waals surface area contributed by atoms with Gasteiger partial charge in [-0.15, -0.1) is 0 Å². The molecule has 1 rings (SSSR count). The van der Waals surface area contributed by atoms with Crippen molar-refractivity contribution in [3.63, 3.8) is 0 Å². The van der Waals surface area contributed by atoms with Crippen molar-refractivity contribution in [3.05, 3.63) is 47.8 Å². The molecule has 1 unspecified atom stereocenters. The number of carboxylic acid groups (broad SMARTS) is 1. The average Bonchev–Trinajstić information content (AvgIpc) is 2.27. The molecule has 5 heteroatoms. The van der Waals surface area contributed by atoms with Crippen molar-refractivity contribution in [1.29, 1.82) is 0 Å². The van der Waals surface area contributed by atoms with E-state index in [9.17, 15) is 14.0 Å². The summed E-state index contributed by atoms with van der Waals surface area (Å²) in [6.07, 6.45) is 1.69. The Balaban J connectivity index is 2.60. The zero-order valence-corrected chi connectivity index (χ0v) is 9.18. The second-order valence-electron chi connectivity index (χ2n) is 3.45. The molecule has 0 aliphatic heterocycles. The normalized spacial score (nSPS) is 12.4. The Hall–Kier alpha value is -2.17. The van der Waals surface area contributed by atoms with Crippen LogP contribution in [0.5, 0.6) is 0 Å². The summed E-state index contributed by atoms with van der Waals surface area (Å²) < 4.78 is 12.7. The van der Waals surface area contributed by atoms with Crippen LogP contribution >= 0.6 is 0 Å². The maximum absolute atomic E-state index is 12.7. The van der Waals surface area contributed by atoms with Crippen molar-refractivity contribution in [2.45, 2.75) is 13.0 Å². The first-order valence-electron chi connectivity index (χ1n) is 4.96. The Kier molecular flexibility index (Phi) is 4.39. The van der Waals surface area contributed by atoms with Crippen LogP contribution in [0.4, 0.5) is 4.39 Å². The fourth-order valence-corrected chi connectivity index (χ4v) is 1.24. The molecule has 0 aliphatic rings. The number of hydrogen-bond donors (Lipinski definition) is 2. The summed E-state index contributed by atoms with van der Waals surface area (Å²) in [5.41, 5.74) is 0.739. The fourth-order valence-electron chi connectivity index (χ4n) is 1.24. The van der Waals surface area contributed by atoms with Crippen molar-refractivity contribution >= 4 is 11.9 Å². The van der Waals surface area contributed by atoms with E-state index in [0.717, 1.165) is 17.7 Å². The van der Waals surface area contributed by atoms with E-state index in [4.69, 9.17) is 5.11 Å². The molecule has 0 fully saturated rings. The number of halogens is 1. The molecular weight excluding hydrogens is 225 g/mol. The highest BCUT2D eigenvalue weighted by Crippen LogP contribution is 2.12. The number of nitrogens with one attached hydrogen (secondary N) is 1. The van der Waals surface area contributed by atoms with Crippen LogP contribution in [0.3, 0.4) is 0 Å². The highest BCUT2D eigenvalue weighted by Gasteiger charge is 2.07. The summed E-state index contributed by atoms with van der Waals surface area (Å²) in [6.45, 7) is 1.72. The van der Waals surface area contributed by atoms with E-state index in [-0.39, 0.29) is 11.9 Å². The third-order valence-corrected chi connectivity index (χ3v) is 2.11. The zero-order valence-electron chi connectivity index (χ0n) is 9.18. The predicted molar refractivity (Wildman–Crippen MR) is 59.7 cm³/mol. The lowest BCUT2D eigenvalue weighted by molar-refractivity contribution is -0.131. The van der Waals surface area contributed by atoms with Gasteiger partial charge in [0.15, 0.2) is 0 Å². The fraction of sp³-hybridized carbons (Fsp3) is 0.167. The molecule has 0 aromatic heterocycles. The molecule has 2 N–H and O–H groups in total. The summed E-state index contributed by atoms with van der Waals surface area (Å²) in [5, 5.41) is 10.9. The first-order valence-corrected chi connectivity index (χ1v) is 4.96. The van der Waals surface area contributed by atoms with Gasteiger partial charge in [-0.3, -0.25) is 4.79 Å². The molecule has 90 valence electrons. The summed E-state index contributed by atoms with van der Waals surface area (Å²) in [5.74, 6) is -2.04. The molecular formula is C12H12FNO3. The van der Waals surface area contributed by atoms with Crippen LogP contribution in [-0.2, 0) is 9.59 Å². The van der Waals surface area contributed by atoms with Crippen molar-refractivity contribution in [3.8, 4) is 0 Å². The molecule has 0 saturated heterocycles. The van der Waals surface area contributed by atoms with Crippen LogP contribution in [-0.4, -0.2) is 17.0 Å². The van der Waals surface area contributed by atoms with E-state index in [1.807, 2.05) is 0 Å². The third kappa shape index (κ3) is 4.46. The third-order valence-electron chi connectivity index (χ3n) is 2.11. The van der Waals surface area contributed by atoms with E-state index in [0.29, 0.717) is 0 Å². The Labute approximate surface area is 97.8 Å². The van der Waals surface area contributed by atoms with Crippen LogP contribution in [0.2, 0.25) is 0 Å². The average molecular weight is 237 g/mol. The number of carboxylic acids is 1. The molecule has 0 heterocycles. The van der Waals surface area contributed by atoms with Gasteiger partial charge in [-0.05, 0) is 24.6 Å². The van der Waals surface area contributed by atoms with Crippen LogP contribution in [0.15, 0.2) is 36.4 Å². The second kappa shape index (κ2) is 5.79. The van der Waals surface area contributed by atoms with Crippen molar-refractivity contribution in [1.82, 2.24) is 5.32 Å². The number of carbonyl (C=O) groups excluding carboxylic acids is 1. The lowest BCUT2D eigenvalue weighted by Gasteiger charge is -2.12. The highest BCUT2D eigenvalue weighted by atomic mass is 19.1. The smallest absolute Gasteiger partial charge is 0.328 e. The van der Waals surface area contributed by atoms with Gasteiger partial charge in [0, 0.05) is 12.2 Å². The Bertz CT molecular complexity index is 440. The second-order valence-corrected chi connectivity index (χ2v) is 3.45. The number of benzene rings is 1. The van der Waals surface area contributed by atoms with Crippen molar-refractivity contribution in [2.24, 2.45) is 0 Å². The molecule has 4 nitrogen and oxygen atoms in total. The van der Waals surface area contributed by atoms with Gasteiger partial charge in [-0.2, -0.15) is 0 Å². The molecule has 1 aromatic rings. The number of hydrogen-bond acceptors (Lipinski definition) is 2. The van der Waals surface area contributed by atoms with Crippen molar-refractivity contribution < 1.29 is 19.1 Å². The first kappa shape index (κ1) is 12.9. The van der Waals surface area contributed by atoms with Gasteiger partial charge in [-0.25, -0.2) is 9.18 Å². The number of carbonyl (C=O) groups is 2. The predicted octanol–water partition coefficient (Wildman–Crippen LogP) is 1.64. The Morgan fingerprint density at radius 3 is 2.41 bits per heavy atom. The summed E-state index contributed by atoms with van der Waals surface area (Å²) in [7, 11) is 0. The molecule has 0 saturated carbocycles. The Morgan fingerprint density at radius 1 is 1.29 bits per heavy atom. The van der Waals surface area contributed by atoms with E-state index in [1.165, 1.54) is 12.1 Å². The lowest BCUT2D eigenvalue weighted by atomic mass is 10.1. The molecule has 0 radical (unpaired) electrons. The molecule has 1 amide bonds. The number of aliphatic carboxylic acids is 1. The van der Waals surface area contributed by atoms with Crippen LogP contribution in [0.1, 0.15) is 18.5 Å². The highest BCUT2D eigenvalue weighted by molar-refractivity contribution is 5.94. The van der Waals surface area contributed by atoms with E-state index in [1.54, 1.807) is 19.1 Å². The summed E-state index contributed by atoms with van der Waals surface area (Å²) >= 11 is 0. The van der Waals surface area contributed by atoms with Crippen LogP contribution in [0.25, 0.3) is 0 Å². The van der Waals surface area contributed by atoms with Gasteiger partial charge in [0.25, 0.3) is 0 Å². The van der Waals surface area contributed by atoms with Crippen LogP contribution in [0, 0.1) is 5.82 Å². The maximum Gasteiger partial charge on any atom is 0.328 e. The van der Waals surface area contributed by atoms with E-state index in [2.05, 4.69) is 5.32 Å². The quantitative estimate of drug-likeness (QED) is 0.782. The summed E-state index contributed by atoms with van der Waals surface area (Å²) in [6, 6.07) is 5.39. The van der Waals surface area contributed by atoms with Crippen LogP contribution < -0.4 is 5.32 Å². The molecule has 1 aromatic carbocycles. The minimum atomic E-state index is -1.19. The van der Waals surface area contributed by atoms with Gasteiger partial charge in [0.05, 0.1) is 6.04 Å². The first-order chi connectivity index (χ1) is 7.99. The van der Waals surface area contributed by atoms with Gasteiger partial charge < -0.3 is 10.4 Å². The monoisotopic (exact) mass is 237 g/mol. The number of rotatable bonds is 4. The SMILES string of the molecule is CC(NC(=O)/C=C/C(=O)O)c1ccc(F)cc1. The standard InChI is InChI=1S/C12H12FNO3/c1-8(9-2-4-10(13)5-3-9)14-11(15)6-7-12(16)17/h2-8H,1H3,(H,14,15)(H,16,17)/b7-6+. The molecule has 0 spiro atoms. The van der Waals surface area contributed by atoms with Gasteiger partial charge in [-0.1, -0.05) is 12.1 Å². The van der Waals surface area contributed by atoms with Gasteiger partial charge >= 0.3 is 5.97 Å². The zero-order chi connectivity index (χ0) is 12.8. The molecule has 17 heavy (non-hydrogen) atoms. The van der Waals surface area contributed by atoms with E-state index >= 15 is 0 Å². The number of amides is 1. The molecule has 0 aliphatic carbocycles. The largest absolute Gasteiger partial charge is 0.478 e. The minimum absolute atomic E-state index is 0.318. The van der Waals surface area contributed by atoms with Gasteiger partial charge in [0.1, 0.15) is 5.82 Å². The Morgan fingerprint density at radius 2 is 1.88 bits per heavy atom. The molecule has 0 bridgehead atoms. The van der Waals surface area contributed by atoms with Crippen molar-refractivity contribution in [2.75, 3.05) is 0 Å². The molecule has 1 atom stereocenters.